The first-order chi connectivity index (χ1) is 12.6. The molecule has 2 N–H and O–H groups in total. The molecule has 1 aliphatic rings. The van der Waals surface area contributed by atoms with Gasteiger partial charge < -0.3 is 14.8 Å². The van der Waals surface area contributed by atoms with Crippen molar-refractivity contribution in [1.29, 1.82) is 0 Å². The van der Waals surface area contributed by atoms with Crippen LogP contribution in [0.2, 0.25) is 0 Å². The number of thioether (sulfide) groups is 1. The van der Waals surface area contributed by atoms with Gasteiger partial charge in [-0.05, 0) is 30.4 Å². The van der Waals surface area contributed by atoms with Crippen LogP contribution in [0.1, 0.15) is 12.8 Å². The number of urea groups is 1. The van der Waals surface area contributed by atoms with E-state index in [1.807, 2.05) is 29.1 Å². The number of thiophene rings is 1. The summed E-state index contributed by atoms with van der Waals surface area (Å²) in [5.41, 5.74) is 0. The normalized spacial score (nSPS) is 17.1. The van der Waals surface area contributed by atoms with Crippen LogP contribution in [-0.4, -0.2) is 57.0 Å². The van der Waals surface area contributed by atoms with Crippen LogP contribution < -0.4 is 10.6 Å². The van der Waals surface area contributed by atoms with Crippen molar-refractivity contribution in [2.24, 2.45) is 13.0 Å². The first-order valence-corrected chi connectivity index (χ1v) is 10.3. The molecule has 0 bridgehead atoms. The molecule has 1 fully saturated rings. The summed E-state index contributed by atoms with van der Waals surface area (Å²) in [7, 11) is 1.89. The molecule has 26 heavy (non-hydrogen) atoms. The van der Waals surface area contributed by atoms with E-state index in [0.29, 0.717) is 19.6 Å². The molecule has 1 saturated heterocycles. The molecule has 3 rings (SSSR count). The fraction of sp³-hybridized carbons (Fsp3) is 0.500. The third kappa shape index (κ3) is 4.98. The van der Waals surface area contributed by atoms with Crippen molar-refractivity contribution in [2.75, 3.05) is 30.7 Å². The van der Waals surface area contributed by atoms with Gasteiger partial charge in [-0.3, -0.25) is 10.1 Å². The fourth-order valence-electron chi connectivity index (χ4n) is 2.77. The maximum atomic E-state index is 12.4. The molecule has 0 saturated carbocycles. The van der Waals surface area contributed by atoms with Crippen LogP contribution in [0.25, 0.3) is 0 Å². The van der Waals surface area contributed by atoms with Crippen LogP contribution in [-0.2, 0) is 11.8 Å². The Labute approximate surface area is 160 Å². The number of rotatable bonds is 6. The zero-order valence-electron chi connectivity index (χ0n) is 14.6. The monoisotopic (exact) mass is 394 g/mol. The first kappa shape index (κ1) is 18.7. The summed E-state index contributed by atoms with van der Waals surface area (Å²) in [5.74, 6) is 0.586. The van der Waals surface area contributed by atoms with Gasteiger partial charge in [0, 0.05) is 32.4 Å². The molecule has 0 radical (unpaired) electrons. The number of amides is 3. The standard InChI is InChI=1S/C16H22N6O2S2/c1-21-11-18-20-16(21)26-9-6-17-14(23)12-4-2-7-22(10-12)15(24)19-13-5-3-8-25-13/h3,5,8,11-12H,2,4,6-7,9-10H2,1H3,(H,17,23)(H,19,24). The van der Waals surface area contributed by atoms with Gasteiger partial charge in [-0.2, -0.15) is 0 Å². The number of hydrogen-bond acceptors (Lipinski definition) is 6. The Kier molecular flexibility index (Phi) is 6.51. The first-order valence-electron chi connectivity index (χ1n) is 8.47. The van der Waals surface area contributed by atoms with Gasteiger partial charge in [-0.1, -0.05) is 11.8 Å². The molecule has 0 spiro atoms. The molecule has 1 atom stereocenters. The minimum absolute atomic E-state index is 0.0113. The Balaban J connectivity index is 1.41. The Morgan fingerprint density at radius 1 is 1.46 bits per heavy atom. The zero-order chi connectivity index (χ0) is 18.4. The molecule has 0 aliphatic carbocycles. The predicted octanol–water partition coefficient (Wildman–Crippen LogP) is 2.03. The van der Waals surface area contributed by atoms with E-state index in [-0.39, 0.29) is 17.9 Å². The number of nitrogens with zero attached hydrogens (tertiary/aromatic N) is 4. The molecular weight excluding hydrogens is 372 g/mol. The molecule has 140 valence electrons. The summed E-state index contributed by atoms with van der Waals surface area (Å²) in [6.45, 7) is 1.71. The van der Waals surface area contributed by atoms with Crippen molar-refractivity contribution in [3.05, 3.63) is 23.8 Å². The lowest BCUT2D eigenvalue weighted by Gasteiger charge is -2.31. The quantitative estimate of drug-likeness (QED) is 0.578. The number of aromatic nitrogens is 3. The molecule has 10 heteroatoms. The number of carbonyl (C=O) groups is 2. The molecular formula is C16H22N6O2S2. The van der Waals surface area contributed by atoms with Crippen molar-refractivity contribution in [2.45, 2.75) is 18.0 Å². The van der Waals surface area contributed by atoms with Crippen molar-refractivity contribution >= 4 is 40.0 Å². The molecule has 8 nitrogen and oxygen atoms in total. The smallest absolute Gasteiger partial charge is 0.322 e. The number of likely N-dealkylation sites (tertiary alicyclic amines) is 1. The highest BCUT2D eigenvalue weighted by Gasteiger charge is 2.28. The average Bonchev–Trinajstić information content (AvgIpc) is 3.30. The van der Waals surface area contributed by atoms with Gasteiger partial charge in [0.1, 0.15) is 6.33 Å². The van der Waals surface area contributed by atoms with Gasteiger partial charge in [0.15, 0.2) is 5.16 Å². The van der Waals surface area contributed by atoms with Crippen LogP contribution in [0.5, 0.6) is 0 Å². The van der Waals surface area contributed by atoms with Gasteiger partial charge in [0.25, 0.3) is 0 Å². The Morgan fingerprint density at radius 3 is 3.08 bits per heavy atom. The zero-order valence-corrected chi connectivity index (χ0v) is 16.2. The molecule has 2 aromatic rings. The largest absolute Gasteiger partial charge is 0.355 e. The van der Waals surface area contributed by atoms with Crippen molar-refractivity contribution < 1.29 is 9.59 Å². The maximum Gasteiger partial charge on any atom is 0.322 e. The lowest BCUT2D eigenvalue weighted by atomic mass is 9.97. The summed E-state index contributed by atoms with van der Waals surface area (Å²) >= 11 is 3.04. The van der Waals surface area contributed by atoms with E-state index >= 15 is 0 Å². The highest BCUT2D eigenvalue weighted by Crippen LogP contribution is 2.20. The second kappa shape index (κ2) is 9.04. The highest BCUT2D eigenvalue weighted by molar-refractivity contribution is 7.99. The number of nitrogens with one attached hydrogen (secondary N) is 2. The highest BCUT2D eigenvalue weighted by atomic mass is 32.2. The van der Waals surface area contributed by atoms with Gasteiger partial charge in [0.05, 0.1) is 10.9 Å². The number of anilines is 1. The van der Waals surface area contributed by atoms with E-state index in [2.05, 4.69) is 20.8 Å². The van der Waals surface area contributed by atoms with Crippen LogP contribution in [0.15, 0.2) is 29.0 Å². The van der Waals surface area contributed by atoms with E-state index in [4.69, 9.17) is 0 Å². The summed E-state index contributed by atoms with van der Waals surface area (Å²) in [4.78, 5) is 26.5. The molecule has 1 unspecified atom stereocenters. The van der Waals surface area contributed by atoms with Crippen molar-refractivity contribution in [3.8, 4) is 0 Å². The van der Waals surface area contributed by atoms with Gasteiger partial charge >= 0.3 is 6.03 Å². The second-order valence-electron chi connectivity index (χ2n) is 6.06. The van der Waals surface area contributed by atoms with Crippen molar-refractivity contribution in [3.63, 3.8) is 0 Å². The third-order valence-corrected chi connectivity index (χ3v) is 5.95. The number of piperidine rings is 1. The SMILES string of the molecule is Cn1cnnc1SCCNC(=O)C1CCCN(C(=O)Nc2cccs2)C1. The maximum absolute atomic E-state index is 12.4. The Hall–Kier alpha value is -2.07. The third-order valence-electron chi connectivity index (χ3n) is 4.13. The lowest BCUT2D eigenvalue weighted by molar-refractivity contribution is -0.126. The minimum atomic E-state index is -0.155. The van der Waals surface area contributed by atoms with E-state index in [1.54, 1.807) is 23.0 Å². The van der Waals surface area contributed by atoms with Crippen LogP contribution in [0.3, 0.4) is 0 Å². The number of hydrogen-bond donors (Lipinski definition) is 2. The van der Waals surface area contributed by atoms with Gasteiger partial charge in [0.2, 0.25) is 5.91 Å². The molecule has 2 aromatic heterocycles. The van der Waals surface area contributed by atoms with Crippen molar-refractivity contribution in [1.82, 2.24) is 25.0 Å². The van der Waals surface area contributed by atoms with E-state index in [0.717, 1.165) is 28.8 Å². The summed E-state index contributed by atoms with van der Waals surface area (Å²) < 4.78 is 1.84. The second-order valence-corrected chi connectivity index (χ2v) is 8.07. The fourth-order valence-corrected chi connectivity index (χ4v) is 4.12. The number of carbonyl (C=O) groups excluding carboxylic acids is 2. The summed E-state index contributed by atoms with van der Waals surface area (Å²) in [6, 6.07) is 3.62. The van der Waals surface area contributed by atoms with E-state index in [9.17, 15) is 9.59 Å². The summed E-state index contributed by atoms with van der Waals surface area (Å²) in [5, 5.41) is 17.2. The predicted molar refractivity (Wildman–Crippen MR) is 102 cm³/mol. The van der Waals surface area contributed by atoms with Crippen LogP contribution >= 0.6 is 23.1 Å². The van der Waals surface area contributed by atoms with Crippen LogP contribution in [0, 0.1) is 5.92 Å². The van der Waals surface area contributed by atoms with E-state index < -0.39 is 0 Å². The number of aryl methyl sites for hydroxylation is 1. The molecule has 3 heterocycles. The molecule has 3 amide bonds. The van der Waals surface area contributed by atoms with Crippen LogP contribution in [0.4, 0.5) is 9.80 Å². The van der Waals surface area contributed by atoms with Gasteiger partial charge in [-0.15, -0.1) is 21.5 Å². The average molecular weight is 395 g/mol. The Morgan fingerprint density at radius 2 is 2.35 bits per heavy atom. The minimum Gasteiger partial charge on any atom is -0.355 e. The summed E-state index contributed by atoms with van der Waals surface area (Å²) in [6.07, 6.45) is 3.30. The lowest BCUT2D eigenvalue weighted by Crippen LogP contribution is -2.47. The van der Waals surface area contributed by atoms with Gasteiger partial charge in [-0.25, -0.2) is 4.79 Å². The van der Waals surface area contributed by atoms with E-state index in [1.165, 1.54) is 11.3 Å². The molecule has 0 aromatic carbocycles. The topological polar surface area (TPSA) is 92.2 Å². The Bertz CT molecular complexity index is 733. The molecule has 1 aliphatic heterocycles.